The highest BCUT2D eigenvalue weighted by molar-refractivity contribution is 7.47. The fourth-order valence-electron chi connectivity index (χ4n) is 5.84. The summed E-state index contributed by atoms with van der Waals surface area (Å²) in [4.78, 5) is 22.8. The summed E-state index contributed by atoms with van der Waals surface area (Å²) in [5.74, 6) is -0.344. The van der Waals surface area contributed by atoms with Crippen molar-refractivity contribution in [2.24, 2.45) is 0 Å². The Kier molecular flexibility index (Phi) is 36.5. The van der Waals surface area contributed by atoms with Gasteiger partial charge in [-0.3, -0.25) is 13.8 Å². The summed E-state index contributed by atoms with van der Waals surface area (Å²) in [5.41, 5.74) is 0. The molecular weight excluding hydrogens is 685 g/mol. The molecule has 0 amide bonds. The van der Waals surface area contributed by atoms with E-state index in [-0.39, 0.29) is 25.8 Å². The molecule has 1 N–H and O–H groups in total. The number of quaternary nitrogens is 1. The number of phosphoric ester groups is 1. The summed E-state index contributed by atoms with van der Waals surface area (Å²) in [6.07, 6.45) is 44.1. The van der Waals surface area contributed by atoms with E-state index >= 15 is 0 Å². The largest absolute Gasteiger partial charge is 0.498 e. The number of unbranched alkanes of at least 4 members (excludes halogenated alkanes) is 22. The third kappa shape index (κ3) is 41.6. The van der Waals surface area contributed by atoms with E-state index in [1.807, 2.05) is 27.2 Å². The highest BCUT2D eigenvalue weighted by Crippen LogP contribution is 2.43. The van der Waals surface area contributed by atoms with Crippen molar-refractivity contribution in [3.05, 3.63) is 36.6 Å². The topological polar surface area (TPSA) is 91.3 Å². The highest BCUT2D eigenvalue weighted by Gasteiger charge is 2.26. The summed E-state index contributed by atoms with van der Waals surface area (Å²) >= 11 is 0. The van der Waals surface area contributed by atoms with Gasteiger partial charge in [-0.2, -0.15) is 0 Å². The van der Waals surface area contributed by atoms with Crippen molar-refractivity contribution in [2.45, 2.75) is 193 Å². The SMILES string of the molecule is CCCCC/C=C\C/C=C\CCCCCCCCCC(=O)O[C@H](CO/C=C\CCCCCCCCCCCCCC)COP(=O)(O)OCC[N+](C)(C)C. The van der Waals surface area contributed by atoms with Gasteiger partial charge in [0.05, 0.1) is 34.0 Å². The van der Waals surface area contributed by atoms with Crippen molar-refractivity contribution in [3.63, 3.8) is 0 Å². The number of likely N-dealkylation sites (N-methyl/N-ethyl adjacent to an activating group) is 1. The Morgan fingerprint density at radius 3 is 1.58 bits per heavy atom. The molecule has 9 heteroatoms. The molecule has 0 radical (unpaired) electrons. The Hall–Kier alpha value is -1.44. The molecule has 0 rings (SSSR count). The fourth-order valence-corrected chi connectivity index (χ4v) is 6.58. The van der Waals surface area contributed by atoms with E-state index in [2.05, 4.69) is 38.2 Å². The number of nitrogens with zero attached hydrogens (tertiary/aromatic N) is 1. The Morgan fingerprint density at radius 2 is 1.06 bits per heavy atom. The zero-order valence-corrected chi connectivity index (χ0v) is 36.1. The number of rotatable bonds is 40. The lowest BCUT2D eigenvalue weighted by Crippen LogP contribution is -2.37. The number of esters is 1. The first kappa shape index (κ1) is 51.6. The summed E-state index contributed by atoms with van der Waals surface area (Å²) in [7, 11) is 1.63. The number of ether oxygens (including phenoxy) is 2. The Balaban J connectivity index is 4.30. The molecule has 0 aliphatic carbocycles. The molecule has 0 aliphatic heterocycles. The molecule has 0 fully saturated rings. The first-order valence-electron chi connectivity index (χ1n) is 21.8. The second-order valence-electron chi connectivity index (χ2n) is 15.8. The zero-order valence-electron chi connectivity index (χ0n) is 35.3. The molecule has 0 aromatic heterocycles. The molecule has 0 saturated carbocycles. The highest BCUT2D eigenvalue weighted by atomic mass is 31.2. The minimum atomic E-state index is -4.29. The van der Waals surface area contributed by atoms with Crippen LogP contribution in [-0.2, 0) is 27.9 Å². The molecule has 0 heterocycles. The molecule has 2 atom stereocenters. The number of hydrogen-bond donors (Lipinski definition) is 1. The third-order valence-electron chi connectivity index (χ3n) is 9.27. The number of phosphoric acid groups is 1. The monoisotopic (exact) mass is 771 g/mol. The van der Waals surface area contributed by atoms with Crippen LogP contribution in [0.15, 0.2) is 36.6 Å². The Bertz CT molecular complexity index is 947. The molecule has 53 heavy (non-hydrogen) atoms. The lowest BCUT2D eigenvalue weighted by Gasteiger charge is -2.24. The maximum absolute atomic E-state index is 12.7. The standard InChI is InChI=1S/C44H84NO7P/c1-6-8-10-12-14-16-18-20-22-23-24-25-27-29-31-33-35-37-44(46)52-43(42-51-53(47,48)50-40-38-45(3,4)5)41-49-39-36-34-32-30-28-26-21-19-17-15-13-11-9-7-2/h14,16,20,22,36,39,43H,6-13,15,17-19,21,23-35,37-38,40-42H2,1-5H3/p+1/b16-14-,22-20-,39-36-/t43-/m1/s1. The van der Waals surface area contributed by atoms with Crippen molar-refractivity contribution >= 4 is 13.8 Å². The van der Waals surface area contributed by atoms with Crippen LogP contribution in [0.4, 0.5) is 0 Å². The summed E-state index contributed by atoms with van der Waals surface area (Å²) in [5, 5.41) is 0. The van der Waals surface area contributed by atoms with Gasteiger partial charge in [0.2, 0.25) is 0 Å². The van der Waals surface area contributed by atoms with Crippen molar-refractivity contribution in [1.29, 1.82) is 0 Å². The van der Waals surface area contributed by atoms with Crippen LogP contribution in [0.25, 0.3) is 0 Å². The van der Waals surface area contributed by atoms with Gasteiger partial charge in [-0.05, 0) is 57.4 Å². The number of allylic oxidation sites excluding steroid dienone is 5. The number of carbonyl (C=O) groups is 1. The van der Waals surface area contributed by atoms with Gasteiger partial charge in [0.15, 0.2) is 6.10 Å². The second-order valence-corrected chi connectivity index (χ2v) is 17.2. The van der Waals surface area contributed by atoms with Gasteiger partial charge in [0.1, 0.15) is 19.8 Å². The maximum Gasteiger partial charge on any atom is 0.472 e. The van der Waals surface area contributed by atoms with Crippen molar-refractivity contribution in [2.75, 3.05) is 47.5 Å². The molecule has 0 saturated heterocycles. The Labute approximate surface area is 327 Å². The quantitative estimate of drug-likeness (QED) is 0.0166. The van der Waals surface area contributed by atoms with Crippen LogP contribution < -0.4 is 0 Å². The predicted octanol–water partition coefficient (Wildman–Crippen LogP) is 13.0. The van der Waals surface area contributed by atoms with Crippen LogP contribution in [0.5, 0.6) is 0 Å². The van der Waals surface area contributed by atoms with Gasteiger partial charge in [-0.15, -0.1) is 0 Å². The normalized spacial score (nSPS) is 14.1. The van der Waals surface area contributed by atoms with E-state index in [1.165, 1.54) is 122 Å². The van der Waals surface area contributed by atoms with Crippen molar-refractivity contribution in [3.8, 4) is 0 Å². The van der Waals surface area contributed by atoms with Crippen LogP contribution in [0, 0.1) is 0 Å². The fraction of sp³-hybridized carbons (Fsp3) is 0.841. The molecular formula is C44H85NO7P+. The molecule has 0 aliphatic rings. The maximum atomic E-state index is 12.7. The van der Waals surface area contributed by atoms with Crippen LogP contribution in [0.1, 0.15) is 187 Å². The second kappa shape index (κ2) is 37.5. The van der Waals surface area contributed by atoms with Crippen LogP contribution >= 0.6 is 7.82 Å². The lowest BCUT2D eigenvalue weighted by atomic mass is 10.0. The zero-order chi connectivity index (χ0) is 39.1. The molecule has 8 nitrogen and oxygen atoms in total. The molecule has 312 valence electrons. The first-order valence-corrected chi connectivity index (χ1v) is 23.3. The molecule has 0 aromatic rings. The smallest absolute Gasteiger partial charge is 0.472 e. The van der Waals surface area contributed by atoms with E-state index in [4.69, 9.17) is 18.5 Å². The molecule has 0 bridgehead atoms. The van der Waals surface area contributed by atoms with Crippen molar-refractivity contribution in [1.82, 2.24) is 0 Å². The van der Waals surface area contributed by atoms with E-state index in [0.717, 1.165) is 44.9 Å². The van der Waals surface area contributed by atoms with Gasteiger partial charge in [-0.25, -0.2) is 4.57 Å². The van der Waals surface area contributed by atoms with E-state index in [9.17, 15) is 14.3 Å². The van der Waals surface area contributed by atoms with Crippen LogP contribution in [0.2, 0.25) is 0 Å². The van der Waals surface area contributed by atoms with E-state index in [0.29, 0.717) is 17.4 Å². The van der Waals surface area contributed by atoms with Crippen LogP contribution in [-0.4, -0.2) is 69.0 Å². The summed E-state index contributed by atoms with van der Waals surface area (Å²) in [6.45, 7) is 4.90. The van der Waals surface area contributed by atoms with E-state index < -0.39 is 13.9 Å². The van der Waals surface area contributed by atoms with Gasteiger partial charge < -0.3 is 18.9 Å². The summed E-state index contributed by atoms with van der Waals surface area (Å²) < 4.78 is 34.7. The van der Waals surface area contributed by atoms with Gasteiger partial charge in [0.25, 0.3) is 0 Å². The third-order valence-corrected chi connectivity index (χ3v) is 10.3. The predicted molar refractivity (Wildman–Crippen MR) is 224 cm³/mol. The van der Waals surface area contributed by atoms with E-state index in [1.54, 1.807) is 6.26 Å². The van der Waals surface area contributed by atoms with Crippen molar-refractivity contribution < 1.29 is 37.3 Å². The number of carbonyl (C=O) groups excluding carboxylic acids is 1. The molecule has 0 aromatic carbocycles. The minimum absolute atomic E-state index is 0.0461. The average molecular weight is 771 g/mol. The first-order chi connectivity index (χ1) is 25.6. The molecule has 1 unspecified atom stereocenters. The molecule has 0 spiro atoms. The minimum Gasteiger partial charge on any atom is -0.498 e. The lowest BCUT2D eigenvalue weighted by molar-refractivity contribution is -0.870. The van der Waals surface area contributed by atoms with Gasteiger partial charge in [0, 0.05) is 6.42 Å². The summed E-state index contributed by atoms with van der Waals surface area (Å²) in [6, 6.07) is 0. The number of hydrogen-bond acceptors (Lipinski definition) is 6. The average Bonchev–Trinajstić information content (AvgIpc) is 3.11. The van der Waals surface area contributed by atoms with Gasteiger partial charge >= 0.3 is 13.8 Å². The van der Waals surface area contributed by atoms with Crippen LogP contribution in [0.3, 0.4) is 0 Å². The van der Waals surface area contributed by atoms with Gasteiger partial charge in [-0.1, -0.05) is 154 Å². The Morgan fingerprint density at radius 1 is 0.604 bits per heavy atom.